The van der Waals surface area contributed by atoms with Crippen molar-refractivity contribution >= 4 is 33.0 Å². The quantitative estimate of drug-likeness (QED) is 0.500. The zero-order valence-corrected chi connectivity index (χ0v) is 17.5. The van der Waals surface area contributed by atoms with E-state index in [1.165, 1.54) is 35.6 Å². The summed E-state index contributed by atoms with van der Waals surface area (Å²) >= 11 is 0. The van der Waals surface area contributed by atoms with Gasteiger partial charge in [0.1, 0.15) is 0 Å². The molecule has 1 amide bonds. The Morgan fingerprint density at radius 2 is 1.79 bits per heavy atom. The average Bonchev–Trinajstić information content (AvgIpc) is 2.67. The van der Waals surface area contributed by atoms with E-state index >= 15 is 0 Å². The first-order valence-electron chi connectivity index (χ1n) is 8.90. The van der Waals surface area contributed by atoms with E-state index in [-0.39, 0.29) is 29.1 Å². The van der Waals surface area contributed by atoms with Gasteiger partial charge in [-0.1, -0.05) is 6.07 Å². The van der Waals surface area contributed by atoms with Crippen LogP contribution in [0.3, 0.4) is 0 Å². The van der Waals surface area contributed by atoms with Gasteiger partial charge in [0.15, 0.2) is 0 Å². The van der Waals surface area contributed by atoms with Gasteiger partial charge < -0.3 is 10.6 Å². The summed E-state index contributed by atoms with van der Waals surface area (Å²) in [6.45, 7) is 5.05. The lowest BCUT2D eigenvalue weighted by atomic mass is 10.1. The summed E-state index contributed by atoms with van der Waals surface area (Å²) in [5.74, 6) is -0.384. The first-order chi connectivity index (χ1) is 13.5. The molecule has 0 aliphatic heterocycles. The molecule has 156 valence electrons. The van der Waals surface area contributed by atoms with Crippen LogP contribution in [-0.2, 0) is 14.8 Å². The van der Waals surface area contributed by atoms with E-state index in [0.717, 1.165) is 0 Å². The largest absolute Gasteiger partial charge is 0.376 e. The molecule has 0 aliphatic rings. The number of carbonyl (C=O) groups is 1. The lowest BCUT2D eigenvalue weighted by Gasteiger charge is -2.21. The van der Waals surface area contributed by atoms with Gasteiger partial charge in [0.25, 0.3) is 5.69 Å². The molecule has 9 nitrogen and oxygen atoms in total. The van der Waals surface area contributed by atoms with Gasteiger partial charge in [-0.15, -0.1) is 0 Å². The van der Waals surface area contributed by atoms with Crippen LogP contribution in [0.5, 0.6) is 0 Å². The number of hydrogen-bond acceptors (Lipinski definition) is 6. The van der Waals surface area contributed by atoms with Crippen LogP contribution in [0.15, 0.2) is 47.4 Å². The first-order valence-corrected chi connectivity index (χ1v) is 10.3. The SMILES string of the molecule is Cc1c(NC(=O)CNc2ccc(S(=O)(=O)N(C)C(C)C)cc2)cccc1[N+](=O)[O-]. The third kappa shape index (κ3) is 5.30. The summed E-state index contributed by atoms with van der Waals surface area (Å²) in [5, 5.41) is 16.5. The van der Waals surface area contributed by atoms with E-state index in [9.17, 15) is 23.3 Å². The smallest absolute Gasteiger partial charge is 0.274 e. The van der Waals surface area contributed by atoms with Gasteiger partial charge in [0.05, 0.1) is 27.6 Å². The number of hydrogen-bond donors (Lipinski definition) is 2. The molecule has 10 heteroatoms. The maximum Gasteiger partial charge on any atom is 0.274 e. The van der Waals surface area contributed by atoms with Gasteiger partial charge in [-0.3, -0.25) is 14.9 Å². The number of amides is 1. The zero-order valence-electron chi connectivity index (χ0n) is 16.7. The molecule has 2 rings (SSSR count). The highest BCUT2D eigenvalue weighted by Crippen LogP contribution is 2.25. The van der Waals surface area contributed by atoms with Crippen LogP contribution in [0.25, 0.3) is 0 Å². The van der Waals surface area contributed by atoms with Gasteiger partial charge in [0.2, 0.25) is 15.9 Å². The standard InChI is InChI=1S/C19H24N4O5S/c1-13(2)22(4)29(27,28)16-10-8-15(9-11-16)20-12-19(24)21-17-6-5-7-18(14(17)3)23(25)26/h5-11,13,20H,12H2,1-4H3,(H,21,24). The summed E-state index contributed by atoms with van der Waals surface area (Å²) in [4.78, 5) is 22.8. The second-order valence-electron chi connectivity index (χ2n) is 6.75. The normalized spacial score (nSPS) is 11.5. The minimum atomic E-state index is -3.57. The number of nitro benzene ring substituents is 1. The maximum absolute atomic E-state index is 12.5. The molecule has 0 saturated heterocycles. The number of sulfonamides is 1. The third-order valence-corrected chi connectivity index (χ3v) is 6.54. The topological polar surface area (TPSA) is 122 Å². The Morgan fingerprint density at radius 1 is 1.17 bits per heavy atom. The third-order valence-electron chi connectivity index (χ3n) is 4.49. The second-order valence-corrected chi connectivity index (χ2v) is 8.75. The number of nitro groups is 1. The molecule has 0 heterocycles. The van der Waals surface area contributed by atoms with Crippen LogP contribution < -0.4 is 10.6 Å². The molecular weight excluding hydrogens is 396 g/mol. The number of carbonyl (C=O) groups excluding carboxylic acids is 1. The number of anilines is 2. The maximum atomic E-state index is 12.5. The van der Waals surface area contributed by atoms with Gasteiger partial charge >= 0.3 is 0 Å². The van der Waals surface area contributed by atoms with Crippen molar-refractivity contribution in [3.8, 4) is 0 Å². The summed E-state index contributed by atoms with van der Waals surface area (Å²) in [6, 6.07) is 10.4. The fourth-order valence-electron chi connectivity index (χ4n) is 2.52. The average molecular weight is 420 g/mol. The lowest BCUT2D eigenvalue weighted by molar-refractivity contribution is -0.385. The predicted molar refractivity (Wildman–Crippen MR) is 111 cm³/mol. The van der Waals surface area contributed by atoms with E-state index in [1.807, 2.05) is 0 Å². The molecule has 0 aromatic heterocycles. The summed E-state index contributed by atoms with van der Waals surface area (Å²) in [5.41, 5.74) is 1.24. The van der Waals surface area contributed by atoms with Gasteiger partial charge in [-0.2, -0.15) is 4.31 Å². The number of nitrogens with one attached hydrogen (secondary N) is 2. The molecule has 2 aromatic carbocycles. The molecule has 0 spiro atoms. The highest BCUT2D eigenvalue weighted by Gasteiger charge is 2.22. The fraction of sp³-hybridized carbons (Fsp3) is 0.316. The molecule has 0 radical (unpaired) electrons. The fourth-order valence-corrected chi connectivity index (χ4v) is 3.89. The number of benzene rings is 2. The predicted octanol–water partition coefficient (Wildman–Crippen LogP) is 2.98. The molecular formula is C19H24N4O5S. The Hall–Kier alpha value is -2.98. The van der Waals surface area contributed by atoms with Crippen LogP contribution in [0, 0.1) is 17.0 Å². The monoisotopic (exact) mass is 420 g/mol. The molecule has 29 heavy (non-hydrogen) atoms. The summed E-state index contributed by atoms with van der Waals surface area (Å²) in [6.07, 6.45) is 0. The zero-order chi connectivity index (χ0) is 21.8. The van der Waals surface area contributed by atoms with Crippen LogP contribution in [0.2, 0.25) is 0 Å². The van der Waals surface area contributed by atoms with Crippen molar-refractivity contribution in [2.45, 2.75) is 31.7 Å². The van der Waals surface area contributed by atoms with Crippen molar-refractivity contribution in [2.75, 3.05) is 24.2 Å². The van der Waals surface area contributed by atoms with E-state index in [4.69, 9.17) is 0 Å². The Balaban J connectivity index is 2.01. The molecule has 0 unspecified atom stereocenters. The Morgan fingerprint density at radius 3 is 2.34 bits per heavy atom. The molecule has 0 fully saturated rings. The molecule has 0 atom stereocenters. The Kier molecular flexibility index (Phi) is 6.93. The van der Waals surface area contributed by atoms with Crippen LogP contribution in [0.1, 0.15) is 19.4 Å². The van der Waals surface area contributed by atoms with E-state index in [2.05, 4.69) is 10.6 Å². The van der Waals surface area contributed by atoms with Crippen LogP contribution in [-0.4, -0.2) is 43.2 Å². The minimum Gasteiger partial charge on any atom is -0.376 e. The van der Waals surface area contributed by atoms with Crippen molar-refractivity contribution in [3.63, 3.8) is 0 Å². The molecule has 2 N–H and O–H groups in total. The van der Waals surface area contributed by atoms with Crippen molar-refractivity contribution < 1.29 is 18.1 Å². The summed E-state index contributed by atoms with van der Waals surface area (Å²) in [7, 11) is -2.05. The van der Waals surface area contributed by atoms with Gasteiger partial charge in [0, 0.05) is 24.8 Å². The second kappa shape index (κ2) is 9.01. The molecule has 0 bridgehead atoms. The lowest BCUT2D eigenvalue weighted by Crippen LogP contribution is -2.33. The number of rotatable bonds is 8. The summed E-state index contributed by atoms with van der Waals surface area (Å²) < 4.78 is 26.2. The number of nitrogens with zero attached hydrogens (tertiary/aromatic N) is 2. The van der Waals surface area contributed by atoms with E-state index < -0.39 is 14.9 Å². The van der Waals surface area contributed by atoms with Crippen molar-refractivity contribution in [2.24, 2.45) is 0 Å². The van der Waals surface area contributed by atoms with Crippen LogP contribution >= 0.6 is 0 Å². The van der Waals surface area contributed by atoms with Crippen LogP contribution in [0.4, 0.5) is 17.1 Å². The van der Waals surface area contributed by atoms with Crippen molar-refractivity contribution in [3.05, 3.63) is 58.1 Å². The molecule has 0 saturated carbocycles. The Labute approximate surface area is 169 Å². The Bertz CT molecular complexity index is 1000. The first kappa shape index (κ1) is 22.3. The molecule has 0 aliphatic carbocycles. The highest BCUT2D eigenvalue weighted by atomic mass is 32.2. The van der Waals surface area contributed by atoms with Gasteiger partial charge in [-0.25, -0.2) is 8.42 Å². The molecule has 2 aromatic rings. The van der Waals surface area contributed by atoms with E-state index in [1.54, 1.807) is 39.0 Å². The highest BCUT2D eigenvalue weighted by molar-refractivity contribution is 7.89. The van der Waals surface area contributed by atoms with E-state index in [0.29, 0.717) is 16.9 Å². The van der Waals surface area contributed by atoms with Crippen molar-refractivity contribution in [1.29, 1.82) is 0 Å². The van der Waals surface area contributed by atoms with Gasteiger partial charge in [-0.05, 0) is 51.1 Å². The van der Waals surface area contributed by atoms with Crippen molar-refractivity contribution in [1.82, 2.24) is 4.31 Å². The minimum absolute atomic E-state index is 0.0704.